The first-order valence-electron chi connectivity index (χ1n) is 12.7. The van der Waals surface area contributed by atoms with Crippen molar-refractivity contribution in [2.45, 2.75) is 0 Å². The number of benzene rings is 6. The molecule has 0 spiro atoms. The highest BCUT2D eigenvalue weighted by Gasteiger charge is 2.23. The summed E-state index contributed by atoms with van der Waals surface area (Å²) < 4.78 is 2.68. The molecule has 1 aliphatic rings. The lowest BCUT2D eigenvalue weighted by molar-refractivity contribution is 1.52. The van der Waals surface area contributed by atoms with Crippen LogP contribution in [0, 0.1) is 0 Å². The molecule has 0 saturated heterocycles. The minimum atomic E-state index is 1.26. The summed E-state index contributed by atoms with van der Waals surface area (Å²) in [5.41, 5.74) is 12.8. The van der Waals surface area contributed by atoms with Crippen LogP contribution >= 0.6 is 11.3 Å². The Balaban J connectivity index is 1.49. The van der Waals surface area contributed by atoms with Gasteiger partial charge in [-0.3, -0.25) is 0 Å². The van der Waals surface area contributed by atoms with Crippen LogP contribution in [0.15, 0.2) is 133 Å². The van der Waals surface area contributed by atoms with Crippen LogP contribution in [0.1, 0.15) is 0 Å². The van der Waals surface area contributed by atoms with Gasteiger partial charge < -0.3 is 0 Å². The Morgan fingerprint density at radius 3 is 1.51 bits per heavy atom. The van der Waals surface area contributed by atoms with Crippen LogP contribution in [0.2, 0.25) is 0 Å². The van der Waals surface area contributed by atoms with Gasteiger partial charge in [0.2, 0.25) is 0 Å². The van der Waals surface area contributed by atoms with E-state index >= 15 is 0 Å². The van der Waals surface area contributed by atoms with Gasteiger partial charge in [-0.1, -0.05) is 115 Å². The fourth-order valence-electron chi connectivity index (χ4n) is 6.04. The van der Waals surface area contributed by atoms with E-state index in [1.54, 1.807) is 0 Å². The Labute approximate surface area is 220 Å². The van der Waals surface area contributed by atoms with Gasteiger partial charge in [-0.05, 0) is 73.8 Å². The number of rotatable bonds is 1. The highest BCUT2D eigenvalue weighted by atomic mass is 32.1. The van der Waals surface area contributed by atoms with Gasteiger partial charge in [-0.25, -0.2) is 0 Å². The highest BCUT2D eigenvalue weighted by Crippen LogP contribution is 2.50. The average molecular weight is 487 g/mol. The Bertz CT molecular complexity index is 1980. The molecule has 0 bridgehead atoms. The smallest absolute Gasteiger partial charge is 0.0355 e. The molecular weight excluding hydrogens is 464 g/mol. The van der Waals surface area contributed by atoms with Gasteiger partial charge in [0, 0.05) is 20.2 Å². The van der Waals surface area contributed by atoms with E-state index in [0.29, 0.717) is 0 Å². The molecule has 172 valence electrons. The lowest BCUT2D eigenvalue weighted by Crippen LogP contribution is -1.98. The quantitative estimate of drug-likeness (QED) is 0.216. The lowest BCUT2D eigenvalue weighted by Gasteiger charge is -2.25. The van der Waals surface area contributed by atoms with Crippen LogP contribution in [0.25, 0.3) is 75.8 Å². The molecule has 37 heavy (non-hydrogen) atoms. The number of fused-ring (bicyclic) bond motifs is 11. The van der Waals surface area contributed by atoms with Gasteiger partial charge in [-0.2, -0.15) is 0 Å². The molecule has 0 fully saturated rings. The molecule has 0 radical (unpaired) electrons. The third kappa shape index (κ3) is 3.08. The first-order chi connectivity index (χ1) is 18.4. The van der Waals surface area contributed by atoms with Crippen LogP contribution in [0.4, 0.5) is 0 Å². The minimum absolute atomic E-state index is 1.26. The van der Waals surface area contributed by atoms with Crippen molar-refractivity contribution in [1.82, 2.24) is 0 Å². The summed E-state index contributed by atoms with van der Waals surface area (Å²) in [6, 6.07) is 49.1. The summed E-state index contributed by atoms with van der Waals surface area (Å²) in [6.45, 7) is 0. The first kappa shape index (κ1) is 20.7. The molecule has 1 heterocycles. The number of hydrogen-bond donors (Lipinski definition) is 0. The summed E-state index contributed by atoms with van der Waals surface area (Å²) in [4.78, 5) is 0. The third-order valence-corrected chi connectivity index (χ3v) is 8.83. The van der Waals surface area contributed by atoms with Crippen molar-refractivity contribution in [3.05, 3.63) is 133 Å². The van der Waals surface area contributed by atoms with Gasteiger partial charge >= 0.3 is 0 Å². The minimum Gasteiger partial charge on any atom is -0.135 e. The molecule has 7 aromatic rings. The average Bonchev–Trinajstić information content (AvgIpc) is 3.34. The summed E-state index contributed by atoms with van der Waals surface area (Å²) in [5, 5.41) is 2.67. The van der Waals surface area contributed by atoms with Crippen molar-refractivity contribution in [3.63, 3.8) is 0 Å². The molecule has 8 rings (SSSR count). The largest absolute Gasteiger partial charge is 0.135 e. The van der Waals surface area contributed by atoms with Gasteiger partial charge in [0.1, 0.15) is 0 Å². The van der Waals surface area contributed by atoms with Crippen molar-refractivity contribution in [2.75, 3.05) is 0 Å². The Morgan fingerprint density at radius 2 is 0.811 bits per heavy atom. The van der Waals surface area contributed by atoms with E-state index in [4.69, 9.17) is 0 Å². The second-order valence-corrected chi connectivity index (χ2v) is 10.8. The van der Waals surface area contributed by atoms with E-state index in [2.05, 4.69) is 133 Å². The van der Waals surface area contributed by atoms with Crippen molar-refractivity contribution >= 4 is 31.5 Å². The van der Waals surface area contributed by atoms with E-state index in [1.807, 2.05) is 11.3 Å². The molecule has 6 aromatic carbocycles. The molecule has 0 unspecified atom stereocenters. The second-order valence-electron chi connectivity index (χ2n) is 9.67. The topological polar surface area (TPSA) is 0 Å². The van der Waals surface area contributed by atoms with Crippen molar-refractivity contribution in [1.29, 1.82) is 0 Å². The summed E-state index contributed by atoms with van der Waals surface area (Å²) in [6.07, 6.45) is 0. The number of thiophene rings is 1. The third-order valence-electron chi connectivity index (χ3n) is 7.67. The molecule has 0 saturated carbocycles. The van der Waals surface area contributed by atoms with Crippen LogP contribution < -0.4 is 0 Å². The maximum Gasteiger partial charge on any atom is 0.0355 e. The van der Waals surface area contributed by atoms with Gasteiger partial charge in [0.25, 0.3) is 0 Å². The zero-order chi connectivity index (χ0) is 24.3. The standard InChI is InChI=1S/C36H22S/c1-2-11-26-25(10-1)27-12-3-4-13-29(27)32-18-9-17-24(36(32)31-16-6-5-14-28(26)31)23-20-21-35-33(22-23)30-15-7-8-19-34(30)37-35/h1-22H. The van der Waals surface area contributed by atoms with E-state index < -0.39 is 0 Å². The fourth-order valence-corrected chi connectivity index (χ4v) is 7.13. The predicted molar refractivity (Wildman–Crippen MR) is 160 cm³/mol. The summed E-state index contributed by atoms with van der Waals surface area (Å²) >= 11 is 1.87. The van der Waals surface area contributed by atoms with Crippen molar-refractivity contribution < 1.29 is 0 Å². The summed E-state index contributed by atoms with van der Waals surface area (Å²) in [7, 11) is 0. The van der Waals surface area contributed by atoms with Gasteiger partial charge in [-0.15, -0.1) is 11.3 Å². The molecule has 0 nitrogen and oxygen atoms in total. The van der Waals surface area contributed by atoms with E-state index in [1.165, 1.54) is 75.8 Å². The maximum absolute atomic E-state index is 2.39. The zero-order valence-electron chi connectivity index (χ0n) is 20.1. The summed E-state index contributed by atoms with van der Waals surface area (Å²) in [5.74, 6) is 0. The Morgan fingerprint density at radius 1 is 0.324 bits per heavy atom. The monoisotopic (exact) mass is 486 g/mol. The maximum atomic E-state index is 2.39. The van der Waals surface area contributed by atoms with Crippen molar-refractivity contribution in [2.24, 2.45) is 0 Å². The SMILES string of the molecule is c1ccc2c(c1)-c1ccccc1-c1cccc(-c3ccc4sc5ccccc5c4c3)c1-c1ccccc1-2. The molecule has 1 aromatic heterocycles. The highest BCUT2D eigenvalue weighted by molar-refractivity contribution is 7.25. The molecule has 0 N–H and O–H groups in total. The molecule has 0 aliphatic heterocycles. The first-order valence-corrected chi connectivity index (χ1v) is 13.5. The molecule has 1 heteroatoms. The second kappa shape index (κ2) is 8.03. The molecular formula is C36H22S. The van der Waals surface area contributed by atoms with Crippen LogP contribution in [-0.4, -0.2) is 0 Å². The van der Waals surface area contributed by atoms with Crippen LogP contribution in [0.5, 0.6) is 0 Å². The van der Waals surface area contributed by atoms with Crippen molar-refractivity contribution in [3.8, 4) is 55.6 Å². The molecule has 0 atom stereocenters. The van der Waals surface area contributed by atoms with E-state index in [0.717, 1.165) is 0 Å². The zero-order valence-corrected chi connectivity index (χ0v) is 20.9. The normalized spacial score (nSPS) is 11.8. The van der Waals surface area contributed by atoms with Gasteiger partial charge in [0.15, 0.2) is 0 Å². The van der Waals surface area contributed by atoms with Crippen LogP contribution in [0.3, 0.4) is 0 Å². The van der Waals surface area contributed by atoms with Gasteiger partial charge in [0.05, 0.1) is 0 Å². The van der Waals surface area contributed by atoms with E-state index in [9.17, 15) is 0 Å². The molecule has 0 amide bonds. The van der Waals surface area contributed by atoms with Crippen LogP contribution in [-0.2, 0) is 0 Å². The molecule has 1 aliphatic carbocycles. The predicted octanol–water partition coefficient (Wildman–Crippen LogP) is 10.7. The Hall–Kier alpha value is -4.46. The van der Waals surface area contributed by atoms with E-state index in [-0.39, 0.29) is 0 Å². The fraction of sp³-hybridized carbons (Fsp3) is 0. The Kier molecular flexibility index (Phi) is 4.49. The number of hydrogen-bond acceptors (Lipinski definition) is 1. The lowest BCUT2D eigenvalue weighted by atomic mass is 9.78.